The SMILES string of the molecule is COc1ccc([C@H](C)NC(=O)[C@@H]2C[C@H]2C(=O)O)cc1F. The van der Waals surface area contributed by atoms with Gasteiger partial charge in [-0.1, -0.05) is 6.07 Å². The van der Waals surface area contributed by atoms with Crippen LogP contribution in [0.25, 0.3) is 0 Å². The van der Waals surface area contributed by atoms with Crippen molar-refractivity contribution in [2.75, 3.05) is 7.11 Å². The first kappa shape index (κ1) is 14.3. The van der Waals surface area contributed by atoms with E-state index in [0.29, 0.717) is 12.0 Å². The fraction of sp³-hybridized carbons (Fsp3) is 0.429. The number of nitrogens with one attached hydrogen (secondary N) is 1. The van der Waals surface area contributed by atoms with Crippen molar-refractivity contribution in [3.05, 3.63) is 29.6 Å². The molecule has 1 amide bonds. The first-order valence-corrected chi connectivity index (χ1v) is 6.30. The van der Waals surface area contributed by atoms with Crippen LogP contribution in [-0.2, 0) is 9.59 Å². The third kappa shape index (κ3) is 2.89. The van der Waals surface area contributed by atoms with Crippen molar-refractivity contribution in [3.63, 3.8) is 0 Å². The summed E-state index contributed by atoms with van der Waals surface area (Å²) in [5.74, 6) is -2.68. The fourth-order valence-electron chi connectivity index (χ4n) is 2.11. The van der Waals surface area contributed by atoms with Gasteiger partial charge < -0.3 is 15.2 Å². The van der Waals surface area contributed by atoms with Gasteiger partial charge in [0.25, 0.3) is 0 Å². The van der Waals surface area contributed by atoms with Crippen LogP contribution in [-0.4, -0.2) is 24.1 Å². The van der Waals surface area contributed by atoms with E-state index in [4.69, 9.17) is 9.84 Å². The Kier molecular flexibility index (Phi) is 3.92. The fourth-order valence-corrected chi connectivity index (χ4v) is 2.11. The third-order valence-electron chi connectivity index (χ3n) is 3.48. The van der Waals surface area contributed by atoms with Crippen LogP contribution >= 0.6 is 0 Å². The Hall–Kier alpha value is -2.11. The number of methoxy groups -OCH3 is 1. The van der Waals surface area contributed by atoms with Gasteiger partial charge in [-0.15, -0.1) is 0 Å². The van der Waals surface area contributed by atoms with Gasteiger partial charge in [0.05, 0.1) is 25.0 Å². The number of rotatable bonds is 5. The summed E-state index contributed by atoms with van der Waals surface area (Å²) in [4.78, 5) is 22.5. The second-order valence-corrected chi connectivity index (χ2v) is 4.91. The van der Waals surface area contributed by atoms with Gasteiger partial charge >= 0.3 is 5.97 Å². The van der Waals surface area contributed by atoms with E-state index in [1.165, 1.54) is 19.2 Å². The van der Waals surface area contributed by atoms with Crippen LogP contribution < -0.4 is 10.1 Å². The van der Waals surface area contributed by atoms with Crippen LogP contribution in [0, 0.1) is 17.7 Å². The average Bonchev–Trinajstić information content (AvgIpc) is 3.18. The van der Waals surface area contributed by atoms with Gasteiger partial charge in [-0.2, -0.15) is 0 Å². The van der Waals surface area contributed by atoms with Crippen molar-refractivity contribution < 1.29 is 23.8 Å². The molecule has 1 aromatic rings. The molecule has 1 aliphatic rings. The van der Waals surface area contributed by atoms with Crippen LogP contribution in [0.3, 0.4) is 0 Å². The topological polar surface area (TPSA) is 75.6 Å². The molecule has 0 aliphatic heterocycles. The number of ether oxygens (including phenoxy) is 1. The average molecular weight is 281 g/mol. The molecular weight excluding hydrogens is 265 g/mol. The summed E-state index contributed by atoms with van der Waals surface area (Å²) >= 11 is 0. The molecule has 0 bridgehead atoms. The Labute approximate surface area is 115 Å². The number of hydrogen-bond donors (Lipinski definition) is 2. The lowest BCUT2D eigenvalue weighted by Crippen LogP contribution is -2.29. The van der Waals surface area contributed by atoms with E-state index in [1.807, 2.05) is 0 Å². The normalized spacial score (nSPS) is 21.9. The molecule has 108 valence electrons. The molecule has 0 heterocycles. The number of carboxylic acids is 1. The van der Waals surface area contributed by atoms with Crippen LogP contribution in [0.2, 0.25) is 0 Å². The summed E-state index contributed by atoms with van der Waals surface area (Å²) in [5.41, 5.74) is 0.601. The molecule has 3 atom stereocenters. The van der Waals surface area contributed by atoms with Gasteiger partial charge in [-0.05, 0) is 31.0 Å². The maximum Gasteiger partial charge on any atom is 0.307 e. The molecule has 1 fully saturated rings. The summed E-state index contributed by atoms with van der Waals surface area (Å²) < 4.78 is 18.4. The van der Waals surface area contributed by atoms with Crippen molar-refractivity contribution >= 4 is 11.9 Å². The largest absolute Gasteiger partial charge is 0.494 e. The van der Waals surface area contributed by atoms with Gasteiger partial charge in [0, 0.05) is 0 Å². The Balaban J connectivity index is 1.98. The minimum absolute atomic E-state index is 0.139. The maximum absolute atomic E-state index is 13.6. The molecule has 2 N–H and O–H groups in total. The van der Waals surface area contributed by atoms with Crippen molar-refractivity contribution in [1.29, 1.82) is 0 Å². The minimum atomic E-state index is -0.951. The van der Waals surface area contributed by atoms with E-state index in [2.05, 4.69) is 5.32 Å². The Bertz CT molecular complexity index is 546. The van der Waals surface area contributed by atoms with Gasteiger partial charge in [0.1, 0.15) is 0 Å². The summed E-state index contributed by atoms with van der Waals surface area (Å²) in [6.07, 6.45) is 0.366. The number of hydrogen-bond acceptors (Lipinski definition) is 3. The molecule has 0 aromatic heterocycles. The number of benzene rings is 1. The molecule has 1 saturated carbocycles. The summed E-state index contributed by atoms with van der Waals surface area (Å²) in [6.45, 7) is 1.72. The Morgan fingerprint density at radius 1 is 1.45 bits per heavy atom. The molecule has 0 saturated heterocycles. The smallest absolute Gasteiger partial charge is 0.307 e. The first-order valence-electron chi connectivity index (χ1n) is 6.30. The second kappa shape index (κ2) is 5.48. The van der Waals surface area contributed by atoms with Crippen LogP contribution in [0.4, 0.5) is 4.39 Å². The monoisotopic (exact) mass is 281 g/mol. The van der Waals surface area contributed by atoms with Gasteiger partial charge in [-0.3, -0.25) is 9.59 Å². The number of carbonyl (C=O) groups is 2. The zero-order valence-electron chi connectivity index (χ0n) is 11.2. The molecule has 5 nitrogen and oxygen atoms in total. The van der Waals surface area contributed by atoms with Crippen LogP contribution in [0.5, 0.6) is 5.75 Å². The van der Waals surface area contributed by atoms with E-state index in [9.17, 15) is 14.0 Å². The molecule has 1 aromatic carbocycles. The molecule has 0 radical (unpaired) electrons. The number of halogens is 1. The quantitative estimate of drug-likeness (QED) is 0.862. The third-order valence-corrected chi connectivity index (χ3v) is 3.48. The van der Waals surface area contributed by atoms with Crippen molar-refractivity contribution in [3.8, 4) is 5.75 Å². The highest BCUT2D eigenvalue weighted by Crippen LogP contribution is 2.39. The summed E-state index contributed by atoms with van der Waals surface area (Å²) in [7, 11) is 1.38. The van der Waals surface area contributed by atoms with Crippen LogP contribution in [0.15, 0.2) is 18.2 Å². The van der Waals surface area contributed by atoms with E-state index in [1.54, 1.807) is 13.0 Å². The molecule has 0 spiro atoms. The van der Waals surface area contributed by atoms with E-state index in [0.717, 1.165) is 0 Å². The molecule has 6 heteroatoms. The molecule has 0 unspecified atom stereocenters. The lowest BCUT2D eigenvalue weighted by Gasteiger charge is -2.15. The van der Waals surface area contributed by atoms with Crippen molar-refractivity contribution in [2.45, 2.75) is 19.4 Å². The van der Waals surface area contributed by atoms with Crippen molar-refractivity contribution in [2.24, 2.45) is 11.8 Å². The number of carboxylic acid groups (broad SMARTS) is 1. The zero-order valence-corrected chi connectivity index (χ0v) is 11.2. The Morgan fingerprint density at radius 3 is 2.65 bits per heavy atom. The number of carbonyl (C=O) groups excluding carboxylic acids is 1. The highest BCUT2D eigenvalue weighted by atomic mass is 19.1. The predicted octanol–water partition coefficient (Wildman–Crippen LogP) is 1.73. The molecule has 2 rings (SSSR count). The lowest BCUT2D eigenvalue weighted by atomic mass is 10.1. The maximum atomic E-state index is 13.6. The first-order chi connectivity index (χ1) is 9.43. The molecule has 1 aliphatic carbocycles. The predicted molar refractivity (Wildman–Crippen MR) is 68.7 cm³/mol. The van der Waals surface area contributed by atoms with E-state index >= 15 is 0 Å². The van der Waals surface area contributed by atoms with Gasteiger partial charge in [0.2, 0.25) is 5.91 Å². The standard InChI is InChI=1S/C14H16FNO4/c1-7(8-3-4-12(20-2)11(15)5-8)16-13(17)9-6-10(9)14(18)19/h3-5,7,9-10H,6H2,1-2H3,(H,16,17)(H,18,19)/t7-,9+,10+/m0/s1. The van der Waals surface area contributed by atoms with E-state index in [-0.39, 0.29) is 11.7 Å². The van der Waals surface area contributed by atoms with Gasteiger partial charge in [0.15, 0.2) is 11.6 Å². The number of amides is 1. The van der Waals surface area contributed by atoms with Crippen LogP contribution in [0.1, 0.15) is 24.9 Å². The highest BCUT2D eigenvalue weighted by molar-refractivity contribution is 5.89. The minimum Gasteiger partial charge on any atom is -0.494 e. The summed E-state index contributed by atoms with van der Waals surface area (Å²) in [6, 6.07) is 4.06. The Morgan fingerprint density at radius 2 is 2.15 bits per heavy atom. The van der Waals surface area contributed by atoms with E-state index < -0.39 is 29.7 Å². The highest BCUT2D eigenvalue weighted by Gasteiger charge is 2.48. The number of aliphatic carboxylic acids is 1. The molecular formula is C14H16FNO4. The second-order valence-electron chi connectivity index (χ2n) is 4.91. The summed E-state index contributed by atoms with van der Waals surface area (Å²) in [5, 5.41) is 11.5. The van der Waals surface area contributed by atoms with Gasteiger partial charge in [-0.25, -0.2) is 4.39 Å². The lowest BCUT2D eigenvalue weighted by molar-refractivity contribution is -0.140. The van der Waals surface area contributed by atoms with Crippen molar-refractivity contribution in [1.82, 2.24) is 5.32 Å². The zero-order chi connectivity index (χ0) is 14.9. The molecule has 20 heavy (non-hydrogen) atoms.